The zero-order valence-electron chi connectivity index (χ0n) is 15.2. The van der Waals surface area contributed by atoms with Crippen molar-refractivity contribution < 1.29 is 9.53 Å². The molecule has 2 aromatic heterocycles. The van der Waals surface area contributed by atoms with E-state index in [1.54, 1.807) is 11.3 Å². The number of alkyl carbamates (subject to hydrolysis) is 1. The highest BCUT2D eigenvalue weighted by molar-refractivity contribution is 7.07. The predicted octanol–water partition coefficient (Wildman–Crippen LogP) is 3.62. The molecule has 7 heteroatoms. The topological polar surface area (TPSA) is 79.9 Å². The minimum atomic E-state index is -0.381. The summed E-state index contributed by atoms with van der Waals surface area (Å²) in [7, 11) is 0. The van der Waals surface area contributed by atoms with Gasteiger partial charge < -0.3 is 14.6 Å². The predicted molar refractivity (Wildman–Crippen MR) is 104 cm³/mol. The van der Waals surface area contributed by atoms with E-state index < -0.39 is 0 Å². The quantitative estimate of drug-likeness (QED) is 0.750. The molecule has 0 bridgehead atoms. The molecule has 138 valence electrons. The zero-order valence-corrected chi connectivity index (χ0v) is 16.0. The molecule has 6 nitrogen and oxygen atoms in total. The average Bonchev–Trinajstić information content (AvgIpc) is 3.32. The highest BCUT2D eigenvalue weighted by Crippen LogP contribution is 2.34. The van der Waals surface area contributed by atoms with Crippen LogP contribution in [0.4, 0.5) is 4.79 Å². The Morgan fingerprint density at radius 3 is 3.04 bits per heavy atom. The van der Waals surface area contributed by atoms with Gasteiger partial charge in [-0.1, -0.05) is 0 Å². The van der Waals surface area contributed by atoms with E-state index >= 15 is 0 Å². The fourth-order valence-corrected chi connectivity index (χ4v) is 4.28. The molecule has 2 heterocycles. The highest BCUT2D eigenvalue weighted by atomic mass is 32.1. The van der Waals surface area contributed by atoms with Crippen molar-refractivity contribution in [3.05, 3.63) is 51.6 Å². The summed E-state index contributed by atoms with van der Waals surface area (Å²) in [5, 5.41) is 15.4. The average molecular weight is 380 g/mol. The van der Waals surface area contributed by atoms with Crippen LogP contribution < -0.4 is 5.32 Å². The van der Waals surface area contributed by atoms with Crippen LogP contribution in [0.3, 0.4) is 0 Å². The third-order valence-electron chi connectivity index (χ3n) is 4.77. The molecule has 0 unspecified atom stereocenters. The Labute approximate surface area is 161 Å². The minimum absolute atomic E-state index is 0.00178. The highest BCUT2D eigenvalue weighted by Gasteiger charge is 2.30. The van der Waals surface area contributed by atoms with Crippen molar-refractivity contribution in [1.82, 2.24) is 14.9 Å². The van der Waals surface area contributed by atoms with Gasteiger partial charge in [0, 0.05) is 34.4 Å². The molecule has 4 rings (SSSR count). The zero-order chi connectivity index (χ0) is 19.0. The Bertz CT molecular complexity index is 1030. The Hall–Kier alpha value is -2.85. The largest absolute Gasteiger partial charge is 0.447 e. The van der Waals surface area contributed by atoms with E-state index in [2.05, 4.69) is 20.9 Å². The third-order valence-corrected chi connectivity index (χ3v) is 5.41. The number of rotatable bonds is 4. The number of hydrogen-bond donors (Lipinski definition) is 1. The maximum Gasteiger partial charge on any atom is 0.407 e. The second-order valence-corrected chi connectivity index (χ2v) is 7.76. The van der Waals surface area contributed by atoms with Gasteiger partial charge in [-0.15, -0.1) is 11.3 Å². The van der Waals surface area contributed by atoms with Gasteiger partial charge in [0.2, 0.25) is 0 Å². The molecule has 1 aromatic carbocycles. The number of fused-ring (bicyclic) bond motifs is 3. The SMILES string of the molecule is CC(C)OC(=O)N[C@H]1Cc2c(n(Cc3cscn3)c3ccc(C#N)cc23)C1. The molecule has 0 saturated carbocycles. The first-order valence-corrected chi connectivity index (χ1v) is 9.87. The van der Waals surface area contributed by atoms with E-state index in [-0.39, 0.29) is 18.2 Å². The van der Waals surface area contributed by atoms with Crippen molar-refractivity contribution in [2.45, 2.75) is 45.4 Å². The summed E-state index contributed by atoms with van der Waals surface area (Å²) in [6.07, 6.45) is 0.945. The number of benzene rings is 1. The number of thiazole rings is 1. The Morgan fingerprint density at radius 2 is 2.33 bits per heavy atom. The summed E-state index contributed by atoms with van der Waals surface area (Å²) in [5.74, 6) is 0. The monoisotopic (exact) mass is 380 g/mol. The molecule has 0 radical (unpaired) electrons. The number of amides is 1. The van der Waals surface area contributed by atoms with Crippen molar-refractivity contribution in [3.8, 4) is 6.07 Å². The lowest BCUT2D eigenvalue weighted by Gasteiger charge is -2.15. The molecule has 0 aliphatic heterocycles. The number of aromatic nitrogens is 2. The molecule has 1 amide bonds. The van der Waals surface area contributed by atoms with Crippen molar-refractivity contribution in [1.29, 1.82) is 5.26 Å². The molecule has 0 spiro atoms. The molecule has 3 aromatic rings. The van der Waals surface area contributed by atoms with Gasteiger partial charge in [0.15, 0.2) is 0 Å². The Kier molecular flexibility index (Phi) is 4.58. The number of nitriles is 1. The number of ether oxygens (including phenoxy) is 1. The van der Waals surface area contributed by atoms with E-state index in [4.69, 9.17) is 4.74 Å². The maximum atomic E-state index is 12.0. The van der Waals surface area contributed by atoms with Gasteiger partial charge in [0.05, 0.1) is 35.5 Å². The van der Waals surface area contributed by atoms with Crippen molar-refractivity contribution in [2.24, 2.45) is 0 Å². The summed E-state index contributed by atoms with van der Waals surface area (Å²) in [6.45, 7) is 4.35. The number of hydrogen-bond acceptors (Lipinski definition) is 5. The van der Waals surface area contributed by atoms with Crippen LogP contribution in [-0.2, 0) is 24.1 Å². The van der Waals surface area contributed by atoms with Crippen LogP contribution in [0.1, 0.15) is 36.4 Å². The molecule has 1 aliphatic rings. The molecule has 1 aliphatic carbocycles. The molecule has 1 N–H and O–H groups in total. The fraction of sp³-hybridized carbons (Fsp3) is 0.350. The first kappa shape index (κ1) is 17.6. The molecular formula is C20H20N4O2S. The van der Waals surface area contributed by atoms with Gasteiger partial charge in [-0.25, -0.2) is 9.78 Å². The first-order valence-electron chi connectivity index (χ1n) is 8.93. The maximum absolute atomic E-state index is 12.0. The van der Waals surface area contributed by atoms with Gasteiger partial charge in [0.1, 0.15) is 0 Å². The molecule has 0 fully saturated rings. The molecule has 27 heavy (non-hydrogen) atoms. The van der Waals surface area contributed by atoms with E-state index in [9.17, 15) is 10.1 Å². The van der Waals surface area contributed by atoms with Gasteiger partial charge in [-0.3, -0.25) is 0 Å². The van der Waals surface area contributed by atoms with Crippen LogP contribution in [0.2, 0.25) is 0 Å². The van der Waals surface area contributed by atoms with E-state index in [1.807, 2.05) is 42.9 Å². The fourth-order valence-electron chi connectivity index (χ4n) is 3.73. The summed E-state index contributed by atoms with van der Waals surface area (Å²) >= 11 is 1.58. The standard InChI is InChI=1S/C20H20N4O2S/c1-12(2)26-20(25)23-14-6-17-16-5-13(8-21)3-4-18(16)24(19(17)7-14)9-15-10-27-11-22-15/h3-5,10-12,14H,6-7,9H2,1-2H3,(H,23,25)/t14-/m0/s1. The number of nitrogens with one attached hydrogen (secondary N) is 1. The summed E-state index contributed by atoms with van der Waals surface area (Å²) in [5.41, 5.74) is 7.00. The van der Waals surface area contributed by atoms with Crippen LogP contribution in [0, 0.1) is 11.3 Å². The van der Waals surface area contributed by atoms with Crippen molar-refractivity contribution in [2.75, 3.05) is 0 Å². The van der Waals surface area contributed by atoms with Crippen LogP contribution in [0.5, 0.6) is 0 Å². The normalized spacial score (nSPS) is 15.7. The molecule has 0 saturated heterocycles. The smallest absolute Gasteiger partial charge is 0.407 e. The van der Waals surface area contributed by atoms with E-state index in [0.29, 0.717) is 12.1 Å². The number of carbonyl (C=O) groups is 1. The van der Waals surface area contributed by atoms with Crippen molar-refractivity contribution >= 4 is 28.3 Å². The summed E-state index contributed by atoms with van der Waals surface area (Å²) in [4.78, 5) is 16.4. The van der Waals surface area contributed by atoms with E-state index in [0.717, 1.165) is 29.4 Å². The van der Waals surface area contributed by atoms with Crippen LogP contribution in [0.25, 0.3) is 10.9 Å². The lowest BCUT2D eigenvalue weighted by atomic mass is 10.1. The first-order chi connectivity index (χ1) is 13.0. The van der Waals surface area contributed by atoms with Crippen LogP contribution in [-0.4, -0.2) is 27.8 Å². The number of carbonyl (C=O) groups excluding carboxylic acids is 1. The molecular weight excluding hydrogens is 360 g/mol. The molecule has 1 atom stereocenters. The van der Waals surface area contributed by atoms with E-state index in [1.165, 1.54) is 11.3 Å². The Balaban J connectivity index is 1.69. The van der Waals surface area contributed by atoms with Gasteiger partial charge in [-0.05, 0) is 44.0 Å². The number of nitrogens with zero attached hydrogens (tertiary/aromatic N) is 3. The lowest BCUT2D eigenvalue weighted by Crippen LogP contribution is -2.37. The second-order valence-electron chi connectivity index (χ2n) is 7.04. The summed E-state index contributed by atoms with van der Waals surface area (Å²) < 4.78 is 7.48. The van der Waals surface area contributed by atoms with Gasteiger partial charge in [0.25, 0.3) is 0 Å². The third kappa shape index (κ3) is 3.40. The van der Waals surface area contributed by atoms with Gasteiger partial charge in [-0.2, -0.15) is 5.26 Å². The van der Waals surface area contributed by atoms with Crippen molar-refractivity contribution in [3.63, 3.8) is 0 Å². The summed E-state index contributed by atoms with van der Waals surface area (Å²) in [6, 6.07) is 8.02. The Morgan fingerprint density at radius 1 is 1.48 bits per heavy atom. The van der Waals surface area contributed by atoms with Crippen LogP contribution in [0.15, 0.2) is 29.1 Å². The van der Waals surface area contributed by atoms with Gasteiger partial charge >= 0.3 is 6.09 Å². The van der Waals surface area contributed by atoms with Crippen LogP contribution >= 0.6 is 11.3 Å². The minimum Gasteiger partial charge on any atom is -0.447 e. The second kappa shape index (κ2) is 7.05. The lowest BCUT2D eigenvalue weighted by molar-refractivity contribution is 0.112.